The second-order valence-electron chi connectivity index (χ2n) is 6.87. The number of rotatable bonds is 8. The van der Waals surface area contributed by atoms with Gasteiger partial charge in [-0.15, -0.1) is 0 Å². The van der Waals surface area contributed by atoms with Crippen LogP contribution in [0.3, 0.4) is 0 Å². The zero-order valence-electron chi connectivity index (χ0n) is 15.3. The third-order valence-electron chi connectivity index (χ3n) is 4.88. The first kappa shape index (κ1) is 17.3. The molecular formula is C22H24N4O. The maximum absolute atomic E-state index is 12.0. The third kappa shape index (κ3) is 4.19. The number of imidazole rings is 1. The Hall–Kier alpha value is -3.08. The highest BCUT2D eigenvalue weighted by Crippen LogP contribution is 2.19. The van der Waals surface area contributed by atoms with Crippen LogP contribution in [0.2, 0.25) is 0 Å². The van der Waals surface area contributed by atoms with Crippen LogP contribution in [0.4, 0.5) is 0 Å². The summed E-state index contributed by atoms with van der Waals surface area (Å²) in [6, 6.07) is 16.3. The molecule has 0 atom stereocenters. The number of nitrogens with zero attached hydrogens (tertiary/aromatic N) is 1. The van der Waals surface area contributed by atoms with Gasteiger partial charge in [-0.25, -0.2) is 4.98 Å². The molecule has 4 rings (SSSR count). The Kier molecular flexibility index (Phi) is 5.19. The number of nitrogens with one attached hydrogen (secondary N) is 3. The van der Waals surface area contributed by atoms with E-state index in [9.17, 15) is 4.79 Å². The van der Waals surface area contributed by atoms with E-state index in [1.165, 1.54) is 10.9 Å². The fourth-order valence-electron chi connectivity index (χ4n) is 3.47. The topological polar surface area (TPSA) is 73.6 Å². The molecule has 5 nitrogen and oxygen atoms in total. The monoisotopic (exact) mass is 360 g/mol. The van der Waals surface area contributed by atoms with E-state index in [4.69, 9.17) is 0 Å². The molecule has 0 bridgehead atoms. The number of hydrogen-bond acceptors (Lipinski definition) is 2. The van der Waals surface area contributed by atoms with Gasteiger partial charge in [0.25, 0.3) is 0 Å². The molecule has 2 aromatic carbocycles. The predicted molar refractivity (Wildman–Crippen MR) is 109 cm³/mol. The molecule has 0 fully saturated rings. The lowest BCUT2D eigenvalue weighted by Gasteiger charge is -2.04. The van der Waals surface area contributed by atoms with Crippen molar-refractivity contribution in [3.63, 3.8) is 0 Å². The number of aromatic amines is 2. The number of H-pyrrole nitrogens is 2. The van der Waals surface area contributed by atoms with Crippen LogP contribution in [0.1, 0.15) is 30.7 Å². The first-order valence-electron chi connectivity index (χ1n) is 9.55. The minimum absolute atomic E-state index is 0.124. The average Bonchev–Trinajstić information content (AvgIpc) is 3.29. The number of benzene rings is 2. The van der Waals surface area contributed by atoms with Gasteiger partial charge in [0.15, 0.2) is 0 Å². The molecule has 0 unspecified atom stereocenters. The van der Waals surface area contributed by atoms with E-state index >= 15 is 0 Å². The van der Waals surface area contributed by atoms with Crippen LogP contribution in [-0.2, 0) is 17.6 Å². The predicted octanol–water partition coefficient (Wildman–Crippen LogP) is 4.12. The number of para-hydroxylation sites is 3. The Morgan fingerprint density at radius 2 is 1.78 bits per heavy atom. The summed E-state index contributed by atoms with van der Waals surface area (Å²) >= 11 is 0. The van der Waals surface area contributed by atoms with Crippen molar-refractivity contribution in [2.45, 2.75) is 32.1 Å². The average molecular weight is 360 g/mol. The highest BCUT2D eigenvalue weighted by Gasteiger charge is 2.06. The lowest BCUT2D eigenvalue weighted by atomic mass is 10.1. The molecule has 0 aliphatic rings. The van der Waals surface area contributed by atoms with Crippen molar-refractivity contribution in [3.05, 3.63) is 66.1 Å². The summed E-state index contributed by atoms with van der Waals surface area (Å²) in [6.07, 6.45) is 6.10. The van der Waals surface area contributed by atoms with Crippen LogP contribution < -0.4 is 5.32 Å². The second kappa shape index (κ2) is 8.08. The van der Waals surface area contributed by atoms with Crippen LogP contribution in [0.5, 0.6) is 0 Å². The maximum Gasteiger partial charge on any atom is 0.220 e. The van der Waals surface area contributed by atoms with Gasteiger partial charge >= 0.3 is 0 Å². The number of amides is 1. The molecule has 0 radical (unpaired) electrons. The van der Waals surface area contributed by atoms with E-state index in [0.717, 1.165) is 48.1 Å². The molecule has 4 aromatic rings. The summed E-state index contributed by atoms with van der Waals surface area (Å²) in [5, 5.41) is 4.27. The molecular weight excluding hydrogens is 336 g/mol. The second-order valence-corrected chi connectivity index (χ2v) is 6.87. The van der Waals surface area contributed by atoms with Crippen molar-refractivity contribution in [3.8, 4) is 0 Å². The fourth-order valence-corrected chi connectivity index (χ4v) is 3.47. The summed E-state index contributed by atoms with van der Waals surface area (Å²) in [5.74, 6) is 1.10. The Morgan fingerprint density at radius 3 is 2.67 bits per heavy atom. The van der Waals surface area contributed by atoms with Crippen molar-refractivity contribution >= 4 is 27.8 Å². The fraction of sp³-hybridized carbons (Fsp3) is 0.273. The van der Waals surface area contributed by atoms with Crippen molar-refractivity contribution < 1.29 is 4.79 Å². The minimum Gasteiger partial charge on any atom is -0.361 e. The standard InChI is InChI=1S/C22H24N4O/c27-22(13-5-7-16-15-24-18-9-2-1-8-17(16)18)23-14-6-12-21-25-19-10-3-4-11-20(19)26-21/h1-4,8-11,15,24H,5-7,12-14H2,(H,23,27)(H,25,26). The largest absolute Gasteiger partial charge is 0.361 e. The highest BCUT2D eigenvalue weighted by atomic mass is 16.1. The smallest absolute Gasteiger partial charge is 0.220 e. The molecule has 0 spiro atoms. The van der Waals surface area contributed by atoms with Crippen molar-refractivity contribution in [2.75, 3.05) is 6.54 Å². The number of fused-ring (bicyclic) bond motifs is 2. The Balaban J connectivity index is 1.16. The van der Waals surface area contributed by atoms with Gasteiger partial charge in [0, 0.05) is 36.5 Å². The number of hydrogen-bond donors (Lipinski definition) is 3. The van der Waals surface area contributed by atoms with Crippen LogP contribution >= 0.6 is 0 Å². The zero-order valence-corrected chi connectivity index (χ0v) is 15.3. The number of carbonyl (C=O) groups excluding carboxylic acids is 1. The van der Waals surface area contributed by atoms with E-state index in [-0.39, 0.29) is 5.91 Å². The van der Waals surface area contributed by atoms with Gasteiger partial charge in [-0.2, -0.15) is 0 Å². The first-order valence-corrected chi connectivity index (χ1v) is 9.55. The molecule has 3 N–H and O–H groups in total. The van der Waals surface area contributed by atoms with E-state index in [1.54, 1.807) is 0 Å². The van der Waals surface area contributed by atoms with Crippen molar-refractivity contribution in [1.82, 2.24) is 20.3 Å². The van der Waals surface area contributed by atoms with Gasteiger partial charge < -0.3 is 15.3 Å². The van der Waals surface area contributed by atoms with Gasteiger partial charge in [-0.1, -0.05) is 30.3 Å². The molecule has 0 saturated heterocycles. The molecule has 5 heteroatoms. The van der Waals surface area contributed by atoms with Crippen LogP contribution in [0, 0.1) is 0 Å². The van der Waals surface area contributed by atoms with Gasteiger partial charge in [0.05, 0.1) is 11.0 Å². The molecule has 27 heavy (non-hydrogen) atoms. The third-order valence-corrected chi connectivity index (χ3v) is 4.88. The zero-order chi connectivity index (χ0) is 18.5. The summed E-state index contributed by atoms with van der Waals surface area (Å²) in [5.41, 5.74) is 4.49. The number of aryl methyl sites for hydroxylation is 2. The van der Waals surface area contributed by atoms with Gasteiger partial charge in [-0.3, -0.25) is 4.79 Å². The Bertz CT molecular complexity index is 1010. The molecule has 2 aromatic heterocycles. The lowest BCUT2D eigenvalue weighted by Crippen LogP contribution is -2.24. The Morgan fingerprint density at radius 1 is 0.963 bits per heavy atom. The SMILES string of the molecule is O=C(CCCc1c[nH]c2ccccc12)NCCCc1nc2ccccc2[nH]1. The minimum atomic E-state index is 0.124. The quantitative estimate of drug-likeness (QED) is 0.414. The summed E-state index contributed by atoms with van der Waals surface area (Å²) < 4.78 is 0. The number of aromatic nitrogens is 3. The van der Waals surface area contributed by atoms with E-state index < -0.39 is 0 Å². The summed E-state index contributed by atoms with van der Waals surface area (Å²) in [6.45, 7) is 0.683. The van der Waals surface area contributed by atoms with Gasteiger partial charge in [0.2, 0.25) is 5.91 Å². The van der Waals surface area contributed by atoms with Gasteiger partial charge in [-0.05, 0) is 43.0 Å². The number of carbonyl (C=O) groups is 1. The molecule has 138 valence electrons. The van der Waals surface area contributed by atoms with E-state index in [1.807, 2.05) is 36.4 Å². The lowest BCUT2D eigenvalue weighted by molar-refractivity contribution is -0.121. The molecule has 0 aliphatic carbocycles. The van der Waals surface area contributed by atoms with Crippen LogP contribution in [-0.4, -0.2) is 27.4 Å². The summed E-state index contributed by atoms with van der Waals surface area (Å²) in [4.78, 5) is 23.2. The molecule has 0 saturated carbocycles. The van der Waals surface area contributed by atoms with Crippen molar-refractivity contribution in [1.29, 1.82) is 0 Å². The molecule has 1 amide bonds. The first-order chi connectivity index (χ1) is 13.3. The summed E-state index contributed by atoms with van der Waals surface area (Å²) in [7, 11) is 0. The normalized spacial score (nSPS) is 11.3. The maximum atomic E-state index is 12.0. The Labute approximate surface area is 158 Å². The molecule has 2 heterocycles. The van der Waals surface area contributed by atoms with Gasteiger partial charge in [0.1, 0.15) is 5.82 Å². The van der Waals surface area contributed by atoms with E-state index in [2.05, 4.69) is 38.6 Å². The van der Waals surface area contributed by atoms with Crippen LogP contribution in [0.25, 0.3) is 21.9 Å². The molecule has 0 aliphatic heterocycles. The van der Waals surface area contributed by atoms with Crippen LogP contribution in [0.15, 0.2) is 54.7 Å². The van der Waals surface area contributed by atoms with Crippen molar-refractivity contribution in [2.24, 2.45) is 0 Å². The highest BCUT2D eigenvalue weighted by molar-refractivity contribution is 5.83. The van der Waals surface area contributed by atoms with E-state index in [0.29, 0.717) is 13.0 Å².